The van der Waals surface area contributed by atoms with E-state index >= 15 is 0 Å². The van der Waals surface area contributed by atoms with Crippen molar-refractivity contribution in [2.45, 2.75) is 33.1 Å². The molecular weight excluding hydrogens is 327 g/mol. The first-order valence-electron chi connectivity index (χ1n) is 5.85. The van der Waals surface area contributed by atoms with Gasteiger partial charge in [0.25, 0.3) is 0 Å². The van der Waals surface area contributed by atoms with Gasteiger partial charge in [-0.1, -0.05) is 25.0 Å². The van der Waals surface area contributed by atoms with Gasteiger partial charge in [-0.3, -0.25) is 0 Å². The average Bonchev–Trinajstić information content (AvgIpc) is 2.32. The van der Waals surface area contributed by atoms with Crippen molar-refractivity contribution in [1.82, 2.24) is 0 Å². The van der Waals surface area contributed by atoms with Gasteiger partial charge in [0.05, 0.1) is 8.96 Å². The maximum atomic E-state index is 11.9. The Morgan fingerprint density at radius 2 is 2.06 bits per heavy atom. The molecule has 0 bridgehead atoms. The fraction of sp³-hybridized carbons (Fsp3) is 0.357. The second-order valence-corrected chi connectivity index (χ2v) is 5.36. The quantitative estimate of drug-likeness (QED) is 0.788. The van der Waals surface area contributed by atoms with Crippen molar-refractivity contribution in [3.63, 3.8) is 0 Å². The van der Waals surface area contributed by atoms with Crippen molar-refractivity contribution in [3.8, 4) is 0 Å². The molecule has 17 heavy (non-hydrogen) atoms. The van der Waals surface area contributed by atoms with E-state index in [0.29, 0.717) is 5.39 Å². The van der Waals surface area contributed by atoms with E-state index in [0.717, 1.165) is 34.0 Å². The summed E-state index contributed by atoms with van der Waals surface area (Å²) in [6, 6.07) is 5.85. The first kappa shape index (κ1) is 12.6. The molecule has 0 saturated heterocycles. The fourth-order valence-corrected chi connectivity index (χ4v) is 2.70. The lowest BCUT2D eigenvalue weighted by molar-refractivity contribution is 0.456. The van der Waals surface area contributed by atoms with Crippen LogP contribution in [0.2, 0.25) is 0 Å². The molecule has 2 rings (SSSR count). The highest BCUT2D eigenvalue weighted by molar-refractivity contribution is 14.1. The highest BCUT2D eigenvalue weighted by atomic mass is 127. The zero-order valence-corrected chi connectivity index (χ0v) is 12.2. The lowest BCUT2D eigenvalue weighted by Crippen LogP contribution is -2.05. The molecule has 2 nitrogen and oxygen atoms in total. The summed E-state index contributed by atoms with van der Waals surface area (Å²) in [5.41, 5.74) is 0.953. The Hall–Kier alpha value is -0.840. The van der Waals surface area contributed by atoms with E-state index in [9.17, 15) is 4.79 Å². The fourth-order valence-electron chi connectivity index (χ4n) is 1.88. The summed E-state index contributed by atoms with van der Waals surface area (Å²) < 4.78 is 6.48. The molecule has 90 valence electrons. The number of unbranched alkanes of at least 4 members (excludes halogenated alkanes) is 1. The van der Waals surface area contributed by atoms with Crippen molar-refractivity contribution < 1.29 is 4.42 Å². The Morgan fingerprint density at radius 3 is 2.76 bits per heavy atom. The van der Waals surface area contributed by atoms with Crippen LogP contribution in [0.25, 0.3) is 10.8 Å². The topological polar surface area (TPSA) is 30.2 Å². The SMILES string of the molecule is CCCCc1oc(=O)c2ccc(C)cc2c1I. The molecular formula is C14H15IO2. The third-order valence-corrected chi connectivity index (χ3v) is 4.03. The number of aryl methyl sites for hydroxylation is 2. The molecule has 0 saturated carbocycles. The Kier molecular flexibility index (Phi) is 3.86. The summed E-state index contributed by atoms with van der Waals surface area (Å²) in [5.74, 6) is 0.829. The molecule has 0 aliphatic heterocycles. The van der Waals surface area contributed by atoms with Crippen LogP contribution in [-0.2, 0) is 6.42 Å². The molecule has 0 spiro atoms. The van der Waals surface area contributed by atoms with Gasteiger partial charge in [-0.2, -0.15) is 0 Å². The van der Waals surface area contributed by atoms with Crippen molar-refractivity contribution in [1.29, 1.82) is 0 Å². The van der Waals surface area contributed by atoms with Crippen LogP contribution in [0.15, 0.2) is 27.4 Å². The van der Waals surface area contributed by atoms with E-state index < -0.39 is 0 Å². The molecule has 0 aliphatic carbocycles. The molecule has 0 N–H and O–H groups in total. The van der Waals surface area contributed by atoms with Crippen LogP contribution >= 0.6 is 22.6 Å². The van der Waals surface area contributed by atoms with Crippen molar-refractivity contribution in [2.75, 3.05) is 0 Å². The molecule has 3 heteroatoms. The van der Waals surface area contributed by atoms with Crippen LogP contribution in [0.1, 0.15) is 31.1 Å². The summed E-state index contributed by atoms with van der Waals surface area (Å²) in [6.45, 7) is 4.17. The molecule has 0 atom stereocenters. The molecule has 0 aliphatic rings. The predicted molar refractivity (Wildman–Crippen MR) is 78.6 cm³/mol. The normalized spacial score (nSPS) is 11.0. The maximum absolute atomic E-state index is 11.9. The number of hydrogen-bond acceptors (Lipinski definition) is 2. The highest BCUT2D eigenvalue weighted by Crippen LogP contribution is 2.23. The molecule has 0 unspecified atom stereocenters. The minimum atomic E-state index is -0.216. The van der Waals surface area contributed by atoms with Gasteiger partial charge >= 0.3 is 5.63 Å². The zero-order chi connectivity index (χ0) is 12.4. The Bertz CT molecular complexity index is 599. The summed E-state index contributed by atoms with van der Waals surface area (Å²) in [5, 5.41) is 1.70. The molecule has 0 radical (unpaired) electrons. The summed E-state index contributed by atoms with van der Waals surface area (Å²) in [4.78, 5) is 11.9. The van der Waals surface area contributed by atoms with E-state index in [2.05, 4.69) is 35.6 Å². The van der Waals surface area contributed by atoms with Crippen LogP contribution < -0.4 is 5.63 Å². The van der Waals surface area contributed by atoms with Crippen LogP contribution in [0.3, 0.4) is 0 Å². The summed E-state index contributed by atoms with van der Waals surface area (Å²) in [6.07, 6.45) is 3.00. The summed E-state index contributed by atoms with van der Waals surface area (Å²) in [7, 11) is 0. The van der Waals surface area contributed by atoms with Crippen LogP contribution in [0.5, 0.6) is 0 Å². The van der Waals surface area contributed by atoms with E-state index in [1.54, 1.807) is 0 Å². The van der Waals surface area contributed by atoms with E-state index in [1.165, 1.54) is 5.56 Å². The monoisotopic (exact) mass is 342 g/mol. The second-order valence-electron chi connectivity index (χ2n) is 4.28. The van der Waals surface area contributed by atoms with Crippen molar-refractivity contribution in [2.24, 2.45) is 0 Å². The van der Waals surface area contributed by atoms with Gasteiger partial charge in [-0.05, 0) is 48.1 Å². The minimum Gasteiger partial charge on any atom is -0.426 e. The van der Waals surface area contributed by atoms with Crippen LogP contribution in [-0.4, -0.2) is 0 Å². The average molecular weight is 342 g/mol. The molecule has 1 aromatic heterocycles. The Labute approximate surface area is 114 Å². The van der Waals surface area contributed by atoms with Gasteiger partial charge in [0.2, 0.25) is 0 Å². The summed E-state index contributed by atoms with van der Waals surface area (Å²) >= 11 is 2.28. The third-order valence-electron chi connectivity index (χ3n) is 2.85. The van der Waals surface area contributed by atoms with Gasteiger partial charge in [-0.15, -0.1) is 0 Å². The van der Waals surface area contributed by atoms with E-state index in [1.807, 2.05) is 19.1 Å². The number of fused-ring (bicyclic) bond motifs is 1. The smallest absolute Gasteiger partial charge is 0.343 e. The van der Waals surface area contributed by atoms with Crippen molar-refractivity contribution in [3.05, 3.63) is 43.5 Å². The molecule has 0 fully saturated rings. The molecule has 2 aromatic rings. The molecule has 1 aromatic carbocycles. The number of hydrogen-bond donors (Lipinski definition) is 0. The largest absolute Gasteiger partial charge is 0.426 e. The molecule has 0 amide bonds. The molecule has 1 heterocycles. The van der Waals surface area contributed by atoms with Crippen LogP contribution in [0.4, 0.5) is 0 Å². The number of benzene rings is 1. The third kappa shape index (κ3) is 2.54. The van der Waals surface area contributed by atoms with Gasteiger partial charge < -0.3 is 4.42 Å². The van der Waals surface area contributed by atoms with E-state index in [-0.39, 0.29) is 5.63 Å². The van der Waals surface area contributed by atoms with Gasteiger partial charge in [0.1, 0.15) is 5.76 Å². The number of rotatable bonds is 3. The van der Waals surface area contributed by atoms with Crippen molar-refractivity contribution >= 4 is 33.4 Å². The maximum Gasteiger partial charge on any atom is 0.343 e. The van der Waals surface area contributed by atoms with Gasteiger partial charge in [0.15, 0.2) is 0 Å². The number of halogens is 1. The Balaban J connectivity index is 2.65. The lowest BCUT2D eigenvalue weighted by atomic mass is 10.1. The van der Waals surface area contributed by atoms with Gasteiger partial charge in [-0.25, -0.2) is 4.79 Å². The first-order chi connectivity index (χ1) is 8.13. The minimum absolute atomic E-state index is 0.216. The lowest BCUT2D eigenvalue weighted by Gasteiger charge is -2.06. The predicted octanol–water partition coefficient (Wildman–Crippen LogP) is 4.05. The first-order valence-corrected chi connectivity index (χ1v) is 6.93. The zero-order valence-electron chi connectivity index (χ0n) is 10.0. The highest BCUT2D eigenvalue weighted by Gasteiger charge is 2.11. The van der Waals surface area contributed by atoms with Crippen LogP contribution in [0, 0.1) is 10.5 Å². The Morgan fingerprint density at radius 1 is 1.29 bits per heavy atom. The van der Waals surface area contributed by atoms with E-state index in [4.69, 9.17) is 4.42 Å². The second kappa shape index (κ2) is 5.21. The van der Waals surface area contributed by atoms with Gasteiger partial charge in [0, 0.05) is 11.8 Å². The standard InChI is InChI=1S/C14H15IO2/c1-3-4-5-12-13(15)11-8-9(2)6-7-10(11)14(16)17-12/h6-8H,3-5H2,1-2H3.